The van der Waals surface area contributed by atoms with Gasteiger partial charge in [0, 0.05) is 5.56 Å². The smallest absolute Gasteiger partial charge is 0.257 e. The molecule has 0 atom stereocenters. The predicted octanol–water partition coefficient (Wildman–Crippen LogP) is 1.53. The summed E-state index contributed by atoms with van der Waals surface area (Å²) in [7, 11) is -3.01. The highest BCUT2D eigenvalue weighted by Crippen LogP contribution is 2.19. The average Bonchev–Trinajstić information content (AvgIpc) is 2.07. The van der Waals surface area contributed by atoms with E-state index in [1.54, 1.807) is 0 Å². The molecular weight excluding hydrogens is 219 g/mol. The van der Waals surface area contributed by atoms with Crippen LogP contribution in [0.5, 0.6) is 0 Å². The lowest BCUT2D eigenvalue weighted by Gasteiger charge is -2.00. The largest absolute Gasteiger partial charge is 0.261 e. The van der Waals surface area contributed by atoms with Crippen LogP contribution in [0, 0.1) is 12.4 Å². The topological polar surface area (TPSA) is 43.4 Å². The summed E-state index contributed by atoms with van der Waals surface area (Å²) in [4.78, 5) is 0. The van der Waals surface area contributed by atoms with E-state index in [1.807, 2.05) is 0 Å². The van der Waals surface area contributed by atoms with Crippen molar-refractivity contribution in [3.8, 4) is 0 Å². The second kappa shape index (κ2) is 4.55. The molecule has 0 N–H and O–H groups in total. The number of benzene rings is 1. The first-order valence-corrected chi connectivity index (χ1v) is 4.67. The summed E-state index contributed by atoms with van der Waals surface area (Å²) in [6.07, 6.45) is 0. The van der Waals surface area contributed by atoms with Crippen LogP contribution in [-0.2, 0) is 15.2 Å². The first-order valence-electron chi connectivity index (χ1n) is 3.19. The van der Waals surface area contributed by atoms with E-state index in [1.165, 1.54) is 18.2 Å². The van der Waals surface area contributed by atoms with Gasteiger partial charge in [0.15, 0.2) is 0 Å². The molecule has 1 radical (unpaired) electrons. The van der Waals surface area contributed by atoms with E-state index >= 15 is 0 Å². The van der Waals surface area contributed by atoms with E-state index in [0.29, 0.717) is 0 Å². The van der Waals surface area contributed by atoms with Crippen LogP contribution in [0.25, 0.3) is 0 Å². The van der Waals surface area contributed by atoms with Crippen LogP contribution in [0.4, 0.5) is 4.39 Å². The number of halogens is 2. The number of hydrogen-bond acceptors (Lipinski definition) is 3. The van der Waals surface area contributed by atoms with Crippen LogP contribution in [-0.4, -0.2) is 8.42 Å². The minimum absolute atomic E-state index is 0.00769. The van der Waals surface area contributed by atoms with Gasteiger partial charge < -0.3 is 0 Å². The molecule has 0 unspecified atom stereocenters. The zero-order valence-corrected chi connectivity index (χ0v) is 7.89. The molecule has 0 aliphatic heterocycles. The predicted molar refractivity (Wildman–Crippen MR) is 46.2 cm³/mol. The summed E-state index contributed by atoms with van der Waals surface area (Å²) >= 11 is 5.43. The molecule has 6 heteroatoms. The monoisotopic (exact) mass is 223 g/mol. The van der Waals surface area contributed by atoms with E-state index in [0.717, 1.165) is 6.61 Å². The summed E-state index contributed by atoms with van der Waals surface area (Å²) in [5.74, 6) is -0.707. The normalized spacial score (nSPS) is 10.7. The molecule has 1 aromatic carbocycles. The molecule has 0 saturated carbocycles. The number of hydrogen-bond donors (Lipinski definition) is 1. The van der Waals surface area contributed by atoms with Gasteiger partial charge in [0.2, 0.25) is 0 Å². The van der Waals surface area contributed by atoms with Gasteiger partial charge in [-0.3, -0.25) is 4.18 Å². The van der Waals surface area contributed by atoms with Gasteiger partial charge in [-0.1, -0.05) is 23.7 Å². The van der Waals surface area contributed by atoms with Crippen molar-refractivity contribution in [2.24, 2.45) is 0 Å². The summed E-state index contributed by atoms with van der Waals surface area (Å²) in [5, 5.41) is -0.0847. The minimum atomic E-state index is -3.01. The molecule has 0 spiro atoms. The molecule has 13 heavy (non-hydrogen) atoms. The maximum absolute atomic E-state index is 13.0. The van der Waals surface area contributed by atoms with Crippen molar-refractivity contribution in [1.82, 2.24) is 0 Å². The van der Waals surface area contributed by atoms with Gasteiger partial charge in [0.1, 0.15) is 12.4 Å². The van der Waals surface area contributed by atoms with Crippen molar-refractivity contribution in [2.45, 2.75) is 0 Å². The molecule has 3 nitrogen and oxygen atoms in total. The molecule has 0 aromatic heterocycles. The van der Waals surface area contributed by atoms with Gasteiger partial charge in [0.25, 0.3) is 11.0 Å². The van der Waals surface area contributed by atoms with Crippen LogP contribution in [0.3, 0.4) is 0 Å². The van der Waals surface area contributed by atoms with Crippen molar-refractivity contribution in [2.75, 3.05) is 0 Å². The maximum atomic E-state index is 13.0. The van der Waals surface area contributed by atoms with E-state index < -0.39 is 16.8 Å². The van der Waals surface area contributed by atoms with Crippen molar-refractivity contribution < 1.29 is 17.0 Å². The highest BCUT2D eigenvalue weighted by Gasteiger charge is 2.06. The molecule has 1 aromatic rings. The highest BCUT2D eigenvalue weighted by molar-refractivity contribution is 7.67. The van der Waals surface area contributed by atoms with E-state index in [9.17, 15) is 12.8 Å². The quantitative estimate of drug-likeness (QED) is 0.791. The van der Waals surface area contributed by atoms with Gasteiger partial charge in [-0.2, -0.15) is 0 Å². The highest BCUT2D eigenvalue weighted by atomic mass is 35.5. The van der Waals surface area contributed by atoms with Crippen LogP contribution < -0.4 is 0 Å². The molecule has 0 heterocycles. The minimum Gasteiger partial charge on any atom is -0.261 e. The van der Waals surface area contributed by atoms with Crippen LogP contribution in [0.15, 0.2) is 18.2 Å². The lowest BCUT2D eigenvalue weighted by molar-refractivity contribution is 0.423. The Balaban J connectivity index is 2.83. The molecule has 0 saturated heterocycles. The Kier molecular flexibility index (Phi) is 3.65. The Morgan fingerprint density at radius 2 is 2.15 bits per heavy atom. The third-order valence-electron chi connectivity index (χ3n) is 1.25. The third kappa shape index (κ3) is 2.95. The summed E-state index contributed by atoms with van der Waals surface area (Å²) < 4.78 is 37.1. The Labute approximate surface area is 81.2 Å². The van der Waals surface area contributed by atoms with Gasteiger partial charge >= 0.3 is 0 Å². The summed E-state index contributed by atoms with van der Waals surface area (Å²) in [6.45, 7) is 0.785. The molecule has 0 bridgehead atoms. The van der Waals surface area contributed by atoms with Crippen molar-refractivity contribution in [1.29, 1.82) is 0 Å². The molecule has 0 fully saturated rings. The SMILES string of the molecule is O=[SH](=O)O[CH]c1cccc(Cl)c1F. The number of thiol groups is 1. The average molecular weight is 224 g/mol. The molecular formula is C7H5ClFO3S. The third-order valence-corrected chi connectivity index (χ3v) is 1.82. The van der Waals surface area contributed by atoms with Crippen LogP contribution in [0.1, 0.15) is 5.56 Å². The molecule has 0 aliphatic carbocycles. The Morgan fingerprint density at radius 3 is 2.77 bits per heavy atom. The fourth-order valence-electron chi connectivity index (χ4n) is 0.711. The van der Waals surface area contributed by atoms with Crippen molar-refractivity contribution >= 4 is 22.6 Å². The van der Waals surface area contributed by atoms with Gasteiger partial charge in [0.05, 0.1) is 5.02 Å². The van der Waals surface area contributed by atoms with Gasteiger partial charge in [-0.25, -0.2) is 12.8 Å². The zero-order valence-electron chi connectivity index (χ0n) is 6.24. The Bertz CT molecular complexity index is 370. The summed E-state index contributed by atoms with van der Waals surface area (Å²) in [5.41, 5.74) is -0.00769. The van der Waals surface area contributed by atoms with Crippen molar-refractivity contribution in [3.05, 3.63) is 41.2 Å². The molecule has 0 aliphatic rings. The fraction of sp³-hybridized carbons (Fsp3) is 0. The number of rotatable bonds is 3. The first-order chi connectivity index (χ1) is 6.11. The van der Waals surface area contributed by atoms with E-state index in [2.05, 4.69) is 4.18 Å². The van der Waals surface area contributed by atoms with Crippen LogP contribution >= 0.6 is 11.6 Å². The summed E-state index contributed by atoms with van der Waals surface area (Å²) in [6, 6.07) is 4.18. The second-order valence-electron chi connectivity index (χ2n) is 2.09. The first kappa shape index (κ1) is 10.4. The van der Waals surface area contributed by atoms with E-state index in [4.69, 9.17) is 11.6 Å². The van der Waals surface area contributed by atoms with Crippen LogP contribution in [0.2, 0.25) is 5.02 Å². The lowest BCUT2D eigenvalue weighted by Crippen LogP contribution is -1.92. The van der Waals surface area contributed by atoms with Crippen molar-refractivity contribution in [3.63, 3.8) is 0 Å². The second-order valence-corrected chi connectivity index (χ2v) is 3.16. The Morgan fingerprint density at radius 1 is 1.46 bits per heavy atom. The molecule has 71 valence electrons. The standard InChI is InChI=1S/C7H5ClFO3S/c8-6-3-1-2-5(7(6)9)4-12-13(10)11/h1-4,13H. The Hall–Kier alpha value is -0.650. The maximum Gasteiger partial charge on any atom is 0.257 e. The molecule has 1 rings (SSSR count). The lowest BCUT2D eigenvalue weighted by atomic mass is 10.2. The fourth-order valence-corrected chi connectivity index (χ4v) is 1.09. The van der Waals surface area contributed by atoms with E-state index in [-0.39, 0.29) is 10.6 Å². The molecule has 0 amide bonds. The van der Waals surface area contributed by atoms with Gasteiger partial charge in [-0.15, -0.1) is 0 Å². The zero-order chi connectivity index (χ0) is 9.84. The van der Waals surface area contributed by atoms with Gasteiger partial charge in [-0.05, 0) is 6.07 Å².